The van der Waals surface area contributed by atoms with Crippen LogP contribution in [0.3, 0.4) is 0 Å². The van der Waals surface area contributed by atoms with Gasteiger partial charge in [-0.05, 0) is 75.8 Å². The number of aryl methyl sites for hydroxylation is 3. The van der Waals surface area contributed by atoms with Crippen LogP contribution in [-0.4, -0.2) is 50.5 Å². The van der Waals surface area contributed by atoms with Crippen molar-refractivity contribution >= 4 is 11.7 Å². The lowest BCUT2D eigenvalue weighted by Crippen LogP contribution is -2.53. The van der Waals surface area contributed by atoms with Gasteiger partial charge >= 0.3 is 6.18 Å². The van der Waals surface area contributed by atoms with E-state index in [-0.39, 0.29) is 17.8 Å². The van der Waals surface area contributed by atoms with Crippen molar-refractivity contribution in [3.63, 3.8) is 0 Å². The number of hydrogen-bond donors (Lipinski definition) is 0. The van der Waals surface area contributed by atoms with Crippen molar-refractivity contribution in [2.75, 3.05) is 18.5 Å². The summed E-state index contributed by atoms with van der Waals surface area (Å²) in [7, 11) is 1.76. The maximum Gasteiger partial charge on any atom is 0.417 e. The molecule has 3 unspecified atom stereocenters. The number of halogens is 3. The zero-order valence-corrected chi connectivity index (χ0v) is 20.5. The third-order valence-corrected chi connectivity index (χ3v) is 6.98. The van der Waals surface area contributed by atoms with Gasteiger partial charge in [0.15, 0.2) is 5.82 Å². The van der Waals surface area contributed by atoms with Gasteiger partial charge in [0.05, 0.1) is 11.1 Å². The molecular weight excluding hydrogens is 469 g/mol. The minimum absolute atomic E-state index is 0.245. The molecule has 7 nitrogen and oxygen atoms in total. The van der Waals surface area contributed by atoms with Crippen LogP contribution >= 0.6 is 0 Å². The fourth-order valence-electron chi connectivity index (χ4n) is 4.98. The van der Waals surface area contributed by atoms with Crippen LogP contribution < -0.4 is 4.90 Å². The number of likely N-dealkylation sites (tertiary alicyclic amines) is 1. The van der Waals surface area contributed by atoms with Gasteiger partial charge in [-0.2, -0.15) is 13.2 Å². The van der Waals surface area contributed by atoms with Gasteiger partial charge < -0.3 is 9.80 Å². The van der Waals surface area contributed by atoms with Gasteiger partial charge in [-0.1, -0.05) is 0 Å². The van der Waals surface area contributed by atoms with E-state index in [4.69, 9.17) is 0 Å². The van der Waals surface area contributed by atoms with Gasteiger partial charge in [-0.25, -0.2) is 19.9 Å². The molecule has 0 bridgehead atoms. The monoisotopic (exact) mass is 496 g/mol. The molecule has 1 aliphatic carbocycles. The van der Waals surface area contributed by atoms with Crippen LogP contribution in [0.25, 0.3) is 11.4 Å². The highest BCUT2D eigenvalue weighted by Gasteiger charge is 2.49. The number of rotatable bonds is 4. The highest BCUT2D eigenvalue weighted by molar-refractivity contribution is 5.98. The Balaban J connectivity index is 1.50. The minimum Gasteiger partial charge on any atom is -0.339 e. The van der Waals surface area contributed by atoms with Gasteiger partial charge in [-0.15, -0.1) is 0 Å². The second-order valence-corrected chi connectivity index (χ2v) is 9.77. The number of nitrogens with zero attached hydrogens (tertiary/aromatic N) is 6. The highest BCUT2D eigenvalue weighted by atomic mass is 19.4. The van der Waals surface area contributed by atoms with E-state index >= 15 is 0 Å². The summed E-state index contributed by atoms with van der Waals surface area (Å²) in [5.74, 6) is 1.48. The quantitative estimate of drug-likeness (QED) is 0.516. The Bertz CT molecular complexity index is 1290. The normalized spacial score (nSPS) is 21.2. The molecule has 4 heterocycles. The van der Waals surface area contributed by atoms with E-state index in [9.17, 15) is 18.0 Å². The van der Waals surface area contributed by atoms with Crippen molar-refractivity contribution in [1.29, 1.82) is 0 Å². The molecule has 0 spiro atoms. The molecule has 10 heteroatoms. The van der Waals surface area contributed by atoms with E-state index in [1.165, 1.54) is 6.07 Å². The molecule has 1 aliphatic heterocycles. The Morgan fingerprint density at radius 1 is 0.972 bits per heavy atom. The molecule has 3 aromatic rings. The predicted molar refractivity (Wildman–Crippen MR) is 128 cm³/mol. The predicted octanol–water partition coefficient (Wildman–Crippen LogP) is 4.82. The van der Waals surface area contributed by atoms with Crippen molar-refractivity contribution in [3.05, 3.63) is 64.9 Å². The number of alkyl halides is 3. The van der Waals surface area contributed by atoms with E-state index < -0.39 is 11.7 Å². The first-order valence-electron chi connectivity index (χ1n) is 11.9. The van der Waals surface area contributed by atoms with Crippen molar-refractivity contribution in [1.82, 2.24) is 24.8 Å². The summed E-state index contributed by atoms with van der Waals surface area (Å²) in [6.07, 6.45) is -2.24. The minimum atomic E-state index is -4.46. The Morgan fingerprint density at radius 3 is 2.33 bits per heavy atom. The van der Waals surface area contributed by atoms with Gasteiger partial charge in [0.25, 0.3) is 5.91 Å². The Morgan fingerprint density at radius 2 is 1.69 bits per heavy atom. The molecule has 3 aromatic heterocycles. The molecule has 188 valence electrons. The number of carbonyl (C=O) groups excluding carboxylic acids is 1. The van der Waals surface area contributed by atoms with Crippen LogP contribution in [0.5, 0.6) is 0 Å². The molecule has 0 radical (unpaired) electrons. The molecular formula is C26H27F3N6O. The topological polar surface area (TPSA) is 75.1 Å². The van der Waals surface area contributed by atoms with Gasteiger partial charge in [0, 0.05) is 36.9 Å². The van der Waals surface area contributed by atoms with Crippen molar-refractivity contribution < 1.29 is 18.0 Å². The van der Waals surface area contributed by atoms with E-state index in [1.54, 1.807) is 16.8 Å². The molecule has 2 aliphatic rings. The first kappa shape index (κ1) is 24.1. The van der Waals surface area contributed by atoms with E-state index in [0.29, 0.717) is 41.3 Å². The summed E-state index contributed by atoms with van der Waals surface area (Å²) in [6, 6.07) is 7.89. The molecule has 36 heavy (non-hydrogen) atoms. The second-order valence-electron chi connectivity index (χ2n) is 9.77. The summed E-state index contributed by atoms with van der Waals surface area (Å²) in [6.45, 7) is 6.14. The van der Waals surface area contributed by atoms with E-state index in [0.717, 1.165) is 36.5 Å². The number of aromatic nitrogens is 4. The van der Waals surface area contributed by atoms with Crippen molar-refractivity contribution in [3.8, 4) is 11.4 Å². The smallest absolute Gasteiger partial charge is 0.339 e. The molecule has 3 atom stereocenters. The largest absolute Gasteiger partial charge is 0.417 e. The molecule has 1 saturated carbocycles. The lowest BCUT2D eigenvalue weighted by atomic mass is 10.0. The summed E-state index contributed by atoms with van der Waals surface area (Å²) in [5, 5.41) is 0. The van der Waals surface area contributed by atoms with Crippen LogP contribution in [0.4, 0.5) is 19.0 Å². The SMILES string of the molecule is Cc1cc(C)nc(-c2ccc(C)nc2C(=O)N2CC3CC3CC2N(C)c2ccc(C(F)(F)F)cn2)n1. The summed E-state index contributed by atoms with van der Waals surface area (Å²) < 4.78 is 39.1. The van der Waals surface area contributed by atoms with Crippen molar-refractivity contribution in [2.45, 2.75) is 46.0 Å². The third kappa shape index (κ3) is 4.64. The van der Waals surface area contributed by atoms with Crippen molar-refractivity contribution in [2.24, 2.45) is 11.8 Å². The summed E-state index contributed by atoms with van der Waals surface area (Å²) in [5.41, 5.74) is 2.31. The zero-order chi connectivity index (χ0) is 25.8. The number of piperidine rings is 1. The summed E-state index contributed by atoms with van der Waals surface area (Å²) >= 11 is 0. The molecule has 1 amide bonds. The number of anilines is 1. The Labute approximate surface area is 207 Å². The van der Waals surface area contributed by atoms with Gasteiger partial charge in [-0.3, -0.25) is 4.79 Å². The van der Waals surface area contributed by atoms with Crippen LogP contribution in [0, 0.1) is 32.6 Å². The van der Waals surface area contributed by atoms with Crippen LogP contribution in [-0.2, 0) is 6.18 Å². The number of amides is 1. The Hall–Kier alpha value is -3.56. The fourth-order valence-corrected chi connectivity index (χ4v) is 4.98. The fraction of sp³-hybridized carbons (Fsp3) is 0.423. The summed E-state index contributed by atoms with van der Waals surface area (Å²) in [4.78, 5) is 35.3. The molecule has 2 fully saturated rings. The van der Waals surface area contributed by atoms with Gasteiger partial charge in [0.1, 0.15) is 17.7 Å². The standard InChI is InChI=1S/C26H27F3N6O/c1-14-5-7-20(24-32-15(2)9-16(3)33-24)23(31-14)25(36)35-13-18-10-17(18)11-22(35)34(4)21-8-6-19(12-30-21)26(27,28)29/h5-9,12,17-18,22H,10-11,13H2,1-4H3. The lowest BCUT2D eigenvalue weighted by molar-refractivity contribution is -0.137. The number of carbonyl (C=O) groups is 1. The van der Waals surface area contributed by atoms with E-state index in [1.807, 2.05) is 39.0 Å². The Kier molecular flexibility index (Phi) is 5.92. The van der Waals surface area contributed by atoms with Crippen LogP contribution in [0.2, 0.25) is 0 Å². The third-order valence-electron chi connectivity index (χ3n) is 6.98. The average molecular weight is 497 g/mol. The van der Waals surface area contributed by atoms with Gasteiger partial charge in [0.2, 0.25) is 0 Å². The average Bonchev–Trinajstić information content (AvgIpc) is 3.60. The van der Waals surface area contributed by atoms with E-state index in [2.05, 4.69) is 19.9 Å². The first-order chi connectivity index (χ1) is 17.0. The highest BCUT2D eigenvalue weighted by Crippen LogP contribution is 2.48. The molecule has 0 aromatic carbocycles. The first-order valence-corrected chi connectivity index (χ1v) is 11.9. The number of hydrogen-bond acceptors (Lipinski definition) is 6. The maximum atomic E-state index is 14.0. The zero-order valence-electron chi connectivity index (χ0n) is 20.5. The number of fused-ring (bicyclic) bond motifs is 1. The second kappa shape index (κ2) is 8.83. The molecule has 5 rings (SSSR count). The number of pyridine rings is 2. The molecule has 1 saturated heterocycles. The maximum absolute atomic E-state index is 14.0. The van der Waals surface area contributed by atoms with Crippen LogP contribution in [0.1, 0.15) is 46.0 Å². The molecule has 0 N–H and O–H groups in total. The lowest BCUT2D eigenvalue weighted by Gasteiger charge is -2.41. The van der Waals surface area contributed by atoms with Crippen LogP contribution in [0.15, 0.2) is 36.5 Å².